The van der Waals surface area contributed by atoms with Gasteiger partial charge >= 0.3 is 5.69 Å². The van der Waals surface area contributed by atoms with Gasteiger partial charge in [-0.05, 0) is 42.9 Å². The third kappa shape index (κ3) is 3.92. The van der Waals surface area contributed by atoms with E-state index < -0.39 is 0 Å². The number of aromatic amines is 1. The second-order valence-corrected chi connectivity index (χ2v) is 8.60. The van der Waals surface area contributed by atoms with E-state index in [1.807, 2.05) is 29.2 Å². The summed E-state index contributed by atoms with van der Waals surface area (Å²) in [5.74, 6) is 1.35. The van der Waals surface area contributed by atoms with Crippen LogP contribution in [0.5, 0.6) is 5.75 Å². The first kappa shape index (κ1) is 20.5. The lowest BCUT2D eigenvalue weighted by molar-refractivity contribution is -0.131. The summed E-state index contributed by atoms with van der Waals surface area (Å²) in [6.07, 6.45) is 2.88. The van der Waals surface area contributed by atoms with E-state index in [2.05, 4.69) is 10.2 Å². The lowest BCUT2D eigenvalue weighted by atomic mass is 10.0. The normalized spacial score (nSPS) is 18.2. The first-order valence-corrected chi connectivity index (χ1v) is 10.9. The van der Waals surface area contributed by atoms with Crippen LogP contribution in [0, 0.1) is 17.7 Å². The molecular weight excluding hydrogens is 411 g/mol. The Morgan fingerprint density at radius 2 is 1.91 bits per heavy atom. The van der Waals surface area contributed by atoms with Crippen LogP contribution in [-0.2, 0) is 11.3 Å². The molecule has 1 saturated carbocycles. The molecule has 2 fully saturated rings. The number of halogens is 1. The molecule has 8 heteroatoms. The molecule has 0 radical (unpaired) electrons. The predicted molar refractivity (Wildman–Crippen MR) is 118 cm³/mol. The summed E-state index contributed by atoms with van der Waals surface area (Å²) < 4.78 is 21.1. The van der Waals surface area contributed by atoms with Crippen molar-refractivity contribution in [1.82, 2.24) is 19.7 Å². The van der Waals surface area contributed by atoms with Gasteiger partial charge in [0, 0.05) is 42.7 Å². The molecular formula is C24H25FN4O3. The predicted octanol–water partition coefficient (Wildman–Crippen LogP) is 3.31. The van der Waals surface area contributed by atoms with E-state index >= 15 is 0 Å². The molecule has 2 aliphatic rings. The van der Waals surface area contributed by atoms with Crippen molar-refractivity contribution < 1.29 is 13.9 Å². The molecule has 1 aromatic heterocycles. The number of amides is 1. The number of hydrogen-bond acceptors (Lipinski definition) is 4. The second kappa shape index (κ2) is 8.26. The highest BCUT2D eigenvalue weighted by Gasteiger charge is 2.36. The van der Waals surface area contributed by atoms with E-state index in [4.69, 9.17) is 4.74 Å². The highest BCUT2D eigenvalue weighted by molar-refractivity contribution is 5.81. The minimum Gasteiger partial charge on any atom is -0.497 e. The number of carbonyl (C=O) groups is 1. The number of hydrogen-bond donors (Lipinski definition) is 1. The summed E-state index contributed by atoms with van der Waals surface area (Å²) in [6.45, 7) is 1.94. The largest absolute Gasteiger partial charge is 0.497 e. The van der Waals surface area contributed by atoms with Crippen molar-refractivity contribution >= 4 is 5.91 Å². The molecule has 1 atom stereocenters. The van der Waals surface area contributed by atoms with Gasteiger partial charge in [0.25, 0.3) is 0 Å². The van der Waals surface area contributed by atoms with Crippen molar-refractivity contribution in [1.29, 1.82) is 0 Å². The number of carbonyl (C=O) groups excluding carboxylic acids is 1. The van der Waals surface area contributed by atoms with Gasteiger partial charge in [-0.2, -0.15) is 5.10 Å². The zero-order valence-corrected chi connectivity index (χ0v) is 17.9. The fourth-order valence-electron chi connectivity index (χ4n) is 4.39. The van der Waals surface area contributed by atoms with Crippen molar-refractivity contribution in [3.05, 3.63) is 58.8 Å². The van der Waals surface area contributed by atoms with Crippen LogP contribution in [0.3, 0.4) is 0 Å². The van der Waals surface area contributed by atoms with Crippen molar-refractivity contribution in [3.63, 3.8) is 0 Å². The fourth-order valence-corrected chi connectivity index (χ4v) is 4.39. The molecule has 5 rings (SSSR count). The molecule has 166 valence electrons. The summed E-state index contributed by atoms with van der Waals surface area (Å²) >= 11 is 0. The summed E-state index contributed by atoms with van der Waals surface area (Å²) in [5, 5.41) is 6.76. The molecule has 1 saturated heterocycles. The van der Waals surface area contributed by atoms with Crippen LogP contribution in [-0.4, -0.2) is 45.8 Å². The van der Waals surface area contributed by atoms with Gasteiger partial charge in [-0.3, -0.25) is 9.36 Å². The smallest absolute Gasteiger partial charge is 0.343 e. The first-order chi connectivity index (χ1) is 15.5. The van der Waals surface area contributed by atoms with Crippen LogP contribution < -0.4 is 10.4 Å². The summed E-state index contributed by atoms with van der Waals surface area (Å²) in [7, 11) is 1.50. The van der Waals surface area contributed by atoms with Gasteiger partial charge in [-0.15, -0.1) is 0 Å². The first-order valence-electron chi connectivity index (χ1n) is 10.9. The summed E-state index contributed by atoms with van der Waals surface area (Å²) in [6, 6.07) is 12.1. The fraction of sp³-hybridized carbons (Fsp3) is 0.375. The topological polar surface area (TPSA) is 80.2 Å². The van der Waals surface area contributed by atoms with Crippen LogP contribution in [0.15, 0.2) is 47.3 Å². The van der Waals surface area contributed by atoms with Gasteiger partial charge in [0.15, 0.2) is 5.82 Å². The molecule has 0 bridgehead atoms. The summed E-state index contributed by atoms with van der Waals surface area (Å²) in [5.41, 5.74) is 1.70. The van der Waals surface area contributed by atoms with E-state index in [1.165, 1.54) is 13.2 Å². The molecule has 1 aliphatic heterocycles. The van der Waals surface area contributed by atoms with E-state index in [0.29, 0.717) is 30.2 Å². The Labute approximate surface area is 184 Å². The van der Waals surface area contributed by atoms with Gasteiger partial charge in [-0.25, -0.2) is 14.3 Å². The number of ether oxygens (including phenoxy) is 1. The van der Waals surface area contributed by atoms with E-state index in [9.17, 15) is 14.0 Å². The molecule has 1 amide bonds. The number of methoxy groups -OCH3 is 1. The molecule has 3 aromatic rings. The number of aromatic nitrogens is 3. The molecule has 0 spiro atoms. The maximum atomic E-state index is 14.4. The number of nitrogens with one attached hydrogen (secondary N) is 1. The summed E-state index contributed by atoms with van der Waals surface area (Å²) in [4.78, 5) is 26.7. The Kier molecular flexibility index (Phi) is 5.28. The molecule has 1 aliphatic carbocycles. The van der Waals surface area contributed by atoms with Crippen LogP contribution in [0.1, 0.15) is 19.3 Å². The van der Waals surface area contributed by atoms with Crippen LogP contribution in [0.25, 0.3) is 22.5 Å². The zero-order valence-electron chi connectivity index (χ0n) is 17.9. The van der Waals surface area contributed by atoms with Crippen LogP contribution in [0.4, 0.5) is 4.39 Å². The van der Waals surface area contributed by atoms with Crippen molar-refractivity contribution in [2.75, 3.05) is 20.2 Å². The maximum Gasteiger partial charge on any atom is 0.343 e. The number of H-pyrrole nitrogens is 1. The standard InChI is InChI=1S/C24H25FN4O3/c1-32-19-8-9-20(21(25)12-19)16-2-4-17(5-3-16)22-26-27-24(31)29(22)14-15-10-11-28(13-15)23(30)18-6-7-18/h2-5,8-9,12,15,18H,6-7,10-11,13-14H2,1H3,(H,27,31)/t15-/m1/s1. The molecule has 7 nitrogen and oxygen atoms in total. The Balaban J connectivity index is 1.34. The van der Waals surface area contributed by atoms with Crippen LogP contribution >= 0.6 is 0 Å². The van der Waals surface area contributed by atoms with Gasteiger partial charge in [0.1, 0.15) is 11.6 Å². The molecule has 32 heavy (non-hydrogen) atoms. The third-order valence-electron chi connectivity index (χ3n) is 6.35. The van der Waals surface area contributed by atoms with Crippen molar-refractivity contribution in [3.8, 4) is 28.3 Å². The van der Waals surface area contributed by atoms with E-state index in [0.717, 1.165) is 36.9 Å². The third-order valence-corrected chi connectivity index (χ3v) is 6.35. The van der Waals surface area contributed by atoms with E-state index in [-0.39, 0.29) is 29.2 Å². The van der Waals surface area contributed by atoms with Gasteiger partial charge < -0.3 is 9.64 Å². The SMILES string of the molecule is COc1ccc(-c2ccc(-c3n[nH]c(=O)n3C[C@@H]3CCN(C(=O)C4CC4)C3)cc2)c(F)c1. The number of benzene rings is 2. The lowest BCUT2D eigenvalue weighted by Gasteiger charge is -2.16. The number of nitrogens with zero attached hydrogens (tertiary/aromatic N) is 3. The zero-order chi connectivity index (χ0) is 22.2. The highest BCUT2D eigenvalue weighted by atomic mass is 19.1. The van der Waals surface area contributed by atoms with Crippen molar-refractivity contribution in [2.45, 2.75) is 25.8 Å². The Bertz CT molecular complexity index is 1200. The second-order valence-electron chi connectivity index (χ2n) is 8.60. The van der Waals surface area contributed by atoms with Crippen molar-refractivity contribution in [2.24, 2.45) is 11.8 Å². The molecule has 2 heterocycles. The molecule has 2 aromatic carbocycles. The molecule has 1 N–H and O–H groups in total. The molecule has 0 unspecified atom stereocenters. The maximum absolute atomic E-state index is 14.4. The highest BCUT2D eigenvalue weighted by Crippen LogP contribution is 2.33. The quantitative estimate of drug-likeness (QED) is 0.643. The monoisotopic (exact) mass is 436 g/mol. The lowest BCUT2D eigenvalue weighted by Crippen LogP contribution is -2.31. The average Bonchev–Trinajstić information content (AvgIpc) is 3.46. The Morgan fingerprint density at radius 3 is 2.59 bits per heavy atom. The number of rotatable bonds is 6. The van der Waals surface area contributed by atoms with Gasteiger partial charge in [-0.1, -0.05) is 24.3 Å². The van der Waals surface area contributed by atoms with Gasteiger partial charge in [0.2, 0.25) is 5.91 Å². The Morgan fingerprint density at radius 1 is 1.16 bits per heavy atom. The average molecular weight is 436 g/mol. The Hall–Kier alpha value is -3.42. The minimum atomic E-state index is -0.361. The van der Waals surface area contributed by atoms with Crippen LogP contribution in [0.2, 0.25) is 0 Å². The minimum absolute atomic E-state index is 0.218. The number of likely N-dealkylation sites (tertiary alicyclic amines) is 1. The van der Waals surface area contributed by atoms with Gasteiger partial charge in [0.05, 0.1) is 7.11 Å². The van der Waals surface area contributed by atoms with E-state index in [1.54, 1.807) is 16.7 Å².